The molecule has 2 N–H and O–H groups in total. The molecule has 0 saturated heterocycles. The summed E-state index contributed by atoms with van der Waals surface area (Å²) in [6, 6.07) is 5.36. The van der Waals surface area contributed by atoms with E-state index in [0.717, 1.165) is 5.56 Å². The third kappa shape index (κ3) is 3.12. The van der Waals surface area contributed by atoms with Crippen LogP contribution < -0.4 is 5.73 Å². The quantitative estimate of drug-likeness (QED) is 0.731. The normalized spacial score (nSPS) is 9.20. The van der Waals surface area contributed by atoms with Crippen LogP contribution in [0.25, 0.3) is 0 Å². The summed E-state index contributed by atoms with van der Waals surface area (Å²) in [6.07, 6.45) is 0. The number of amides is 1. The van der Waals surface area contributed by atoms with Crippen molar-refractivity contribution in [3.63, 3.8) is 0 Å². The Balaban J connectivity index is 3.09. The van der Waals surface area contributed by atoms with E-state index in [0.29, 0.717) is 17.7 Å². The Bertz CT molecular complexity index is 427. The van der Waals surface area contributed by atoms with Crippen molar-refractivity contribution in [3.05, 3.63) is 34.9 Å². The zero-order chi connectivity index (χ0) is 11.3. The number of hydrogen-bond donors (Lipinski definition) is 1. The van der Waals surface area contributed by atoms with Crippen LogP contribution in [-0.2, 0) is 4.74 Å². The van der Waals surface area contributed by atoms with Crippen molar-refractivity contribution >= 4 is 5.91 Å². The standard InChI is InChI=1S/C12H13NO2/c1-9-5-6-11(12(13)14)10(8-9)4-3-7-15-2/h5-6,8H,7H2,1-2H3,(H2,13,14). The molecule has 15 heavy (non-hydrogen) atoms. The van der Waals surface area contributed by atoms with Crippen LogP contribution >= 0.6 is 0 Å². The van der Waals surface area contributed by atoms with Gasteiger partial charge in [-0.2, -0.15) is 0 Å². The minimum atomic E-state index is -0.461. The van der Waals surface area contributed by atoms with Crippen molar-refractivity contribution in [2.45, 2.75) is 6.92 Å². The van der Waals surface area contributed by atoms with Crippen LogP contribution in [0.1, 0.15) is 21.5 Å². The van der Waals surface area contributed by atoms with Crippen molar-refractivity contribution in [1.29, 1.82) is 0 Å². The lowest BCUT2D eigenvalue weighted by Gasteiger charge is -2.01. The molecule has 0 spiro atoms. The van der Waals surface area contributed by atoms with Crippen molar-refractivity contribution in [2.75, 3.05) is 13.7 Å². The zero-order valence-electron chi connectivity index (χ0n) is 8.83. The fourth-order valence-electron chi connectivity index (χ4n) is 1.18. The Kier molecular flexibility index (Phi) is 3.90. The van der Waals surface area contributed by atoms with Gasteiger partial charge in [-0.3, -0.25) is 4.79 Å². The van der Waals surface area contributed by atoms with E-state index < -0.39 is 5.91 Å². The maximum atomic E-state index is 11.1. The van der Waals surface area contributed by atoms with Gasteiger partial charge >= 0.3 is 0 Å². The summed E-state index contributed by atoms with van der Waals surface area (Å²) in [6.45, 7) is 2.28. The second kappa shape index (κ2) is 5.18. The molecule has 0 fully saturated rings. The smallest absolute Gasteiger partial charge is 0.249 e. The van der Waals surface area contributed by atoms with Gasteiger partial charge in [0.15, 0.2) is 0 Å². The largest absolute Gasteiger partial charge is 0.372 e. The second-order valence-electron chi connectivity index (χ2n) is 3.15. The van der Waals surface area contributed by atoms with Gasteiger partial charge in [0.1, 0.15) is 6.61 Å². The third-order valence-corrected chi connectivity index (χ3v) is 1.88. The van der Waals surface area contributed by atoms with E-state index >= 15 is 0 Å². The Hall–Kier alpha value is -1.79. The van der Waals surface area contributed by atoms with E-state index in [-0.39, 0.29) is 0 Å². The van der Waals surface area contributed by atoms with Gasteiger partial charge < -0.3 is 10.5 Å². The van der Waals surface area contributed by atoms with Gasteiger partial charge in [0, 0.05) is 12.7 Å². The minimum Gasteiger partial charge on any atom is -0.372 e. The van der Waals surface area contributed by atoms with E-state index in [4.69, 9.17) is 10.5 Å². The molecule has 0 aliphatic carbocycles. The number of aryl methyl sites for hydroxylation is 1. The number of carbonyl (C=O) groups excluding carboxylic acids is 1. The number of hydrogen-bond acceptors (Lipinski definition) is 2. The molecule has 0 aliphatic heterocycles. The van der Waals surface area contributed by atoms with Crippen LogP contribution in [0.2, 0.25) is 0 Å². The lowest BCUT2D eigenvalue weighted by Crippen LogP contribution is -2.12. The molecule has 1 rings (SSSR count). The van der Waals surface area contributed by atoms with Gasteiger partial charge in [0.2, 0.25) is 5.91 Å². The molecule has 3 heteroatoms. The molecule has 0 saturated carbocycles. The van der Waals surface area contributed by atoms with Gasteiger partial charge in [-0.15, -0.1) is 0 Å². The molecular weight excluding hydrogens is 190 g/mol. The molecule has 78 valence electrons. The number of methoxy groups -OCH3 is 1. The van der Waals surface area contributed by atoms with Crippen molar-refractivity contribution in [1.82, 2.24) is 0 Å². The monoisotopic (exact) mass is 203 g/mol. The lowest BCUT2D eigenvalue weighted by atomic mass is 10.0. The summed E-state index contributed by atoms with van der Waals surface area (Å²) in [5.74, 6) is 5.19. The highest BCUT2D eigenvalue weighted by molar-refractivity contribution is 5.95. The van der Waals surface area contributed by atoms with Crippen LogP contribution in [-0.4, -0.2) is 19.6 Å². The Morgan fingerprint density at radius 2 is 2.27 bits per heavy atom. The van der Waals surface area contributed by atoms with E-state index in [1.165, 1.54) is 0 Å². The highest BCUT2D eigenvalue weighted by Gasteiger charge is 2.05. The number of rotatable bonds is 2. The van der Waals surface area contributed by atoms with E-state index in [1.807, 2.05) is 19.1 Å². The lowest BCUT2D eigenvalue weighted by molar-refractivity contribution is 0.1000. The first-order valence-corrected chi connectivity index (χ1v) is 4.53. The second-order valence-corrected chi connectivity index (χ2v) is 3.15. The highest BCUT2D eigenvalue weighted by atomic mass is 16.5. The number of nitrogens with two attached hydrogens (primary N) is 1. The molecule has 1 aromatic carbocycles. The molecule has 3 nitrogen and oxygen atoms in total. The van der Waals surface area contributed by atoms with Crippen LogP contribution in [0.4, 0.5) is 0 Å². The first-order valence-electron chi connectivity index (χ1n) is 4.53. The molecule has 0 unspecified atom stereocenters. The number of ether oxygens (including phenoxy) is 1. The van der Waals surface area contributed by atoms with Crippen LogP contribution in [0.15, 0.2) is 18.2 Å². The molecule has 1 aromatic rings. The topological polar surface area (TPSA) is 52.3 Å². The van der Waals surface area contributed by atoms with E-state index in [2.05, 4.69) is 11.8 Å². The predicted octanol–water partition coefficient (Wildman–Crippen LogP) is 1.09. The number of carbonyl (C=O) groups is 1. The van der Waals surface area contributed by atoms with Crippen LogP contribution in [0, 0.1) is 18.8 Å². The van der Waals surface area contributed by atoms with Crippen molar-refractivity contribution in [2.24, 2.45) is 5.73 Å². The molecule has 0 heterocycles. The minimum absolute atomic E-state index is 0.339. The first kappa shape index (κ1) is 11.3. The summed E-state index contributed by atoms with van der Waals surface area (Å²) >= 11 is 0. The van der Waals surface area contributed by atoms with Gasteiger partial charge in [-0.05, 0) is 24.6 Å². The number of benzene rings is 1. The molecule has 1 amide bonds. The molecule has 0 aliphatic rings. The maximum Gasteiger partial charge on any atom is 0.249 e. The molecule has 0 atom stereocenters. The number of primary amides is 1. The Labute approximate surface area is 89.2 Å². The summed E-state index contributed by atoms with van der Waals surface area (Å²) < 4.78 is 4.80. The first-order chi connectivity index (χ1) is 7.15. The maximum absolute atomic E-state index is 11.1. The van der Waals surface area contributed by atoms with Gasteiger partial charge in [-0.25, -0.2) is 0 Å². The Morgan fingerprint density at radius 3 is 2.87 bits per heavy atom. The third-order valence-electron chi connectivity index (χ3n) is 1.88. The average Bonchev–Trinajstić information content (AvgIpc) is 2.18. The molecule has 0 bridgehead atoms. The predicted molar refractivity (Wildman–Crippen MR) is 58.5 cm³/mol. The van der Waals surface area contributed by atoms with Gasteiger partial charge in [0.25, 0.3) is 0 Å². The Morgan fingerprint density at radius 1 is 1.53 bits per heavy atom. The molecular formula is C12H13NO2. The summed E-state index contributed by atoms with van der Waals surface area (Å²) in [7, 11) is 1.57. The summed E-state index contributed by atoms with van der Waals surface area (Å²) in [5, 5.41) is 0. The van der Waals surface area contributed by atoms with Gasteiger partial charge in [-0.1, -0.05) is 17.9 Å². The van der Waals surface area contributed by atoms with Gasteiger partial charge in [0.05, 0.1) is 5.56 Å². The zero-order valence-corrected chi connectivity index (χ0v) is 8.83. The summed E-state index contributed by atoms with van der Waals surface area (Å²) in [5.41, 5.74) is 7.37. The molecule has 0 aromatic heterocycles. The molecule has 0 radical (unpaired) electrons. The van der Waals surface area contributed by atoms with Crippen LogP contribution in [0.3, 0.4) is 0 Å². The summed E-state index contributed by atoms with van der Waals surface area (Å²) in [4.78, 5) is 11.1. The van der Waals surface area contributed by atoms with E-state index in [1.54, 1.807) is 13.2 Å². The van der Waals surface area contributed by atoms with Crippen molar-refractivity contribution < 1.29 is 9.53 Å². The highest BCUT2D eigenvalue weighted by Crippen LogP contribution is 2.09. The fraction of sp³-hybridized carbons (Fsp3) is 0.250. The fourth-order valence-corrected chi connectivity index (χ4v) is 1.18. The van der Waals surface area contributed by atoms with Crippen LogP contribution in [0.5, 0.6) is 0 Å². The SMILES string of the molecule is COCC#Cc1cc(C)ccc1C(N)=O. The average molecular weight is 203 g/mol. The van der Waals surface area contributed by atoms with Crippen molar-refractivity contribution in [3.8, 4) is 11.8 Å². The van der Waals surface area contributed by atoms with E-state index in [9.17, 15) is 4.79 Å².